The molecular formula is C9H13FNO5S-. The standard InChI is InChI=1S/C9H14FNO5S/c1-7(12)9(10,17(14,15)16)8(13)11-5-3-2-4-6-11/h2-6H2,1H3,(H,14,15,16)/p-1. The Bertz CT molecular complexity index is 429. The first-order valence-corrected chi connectivity index (χ1v) is 6.57. The van der Waals surface area contributed by atoms with Gasteiger partial charge in [-0.05, 0) is 26.2 Å². The van der Waals surface area contributed by atoms with Gasteiger partial charge in [0.2, 0.25) is 0 Å². The lowest BCUT2D eigenvalue weighted by Gasteiger charge is -2.33. The lowest BCUT2D eigenvalue weighted by molar-refractivity contribution is -0.145. The fourth-order valence-corrected chi connectivity index (χ4v) is 2.43. The van der Waals surface area contributed by atoms with Gasteiger partial charge >= 0.3 is 5.00 Å². The van der Waals surface area contributed by atoms with Crippen molar-refractivity contribution in [2.45, 2.75) is 31.2 Å². The second-order valence-corrected chi connectivity index (χ2v) is 5.43. The van der Waals surface area contributed by atoms with Crippen LogP contribution in [0.15, 0.2) is 0 Å². The number of hydrogen-bond acceptors (Lipinski definition) is 5. The third-order valence-corrected chi connectivity index (χ3v) is 3.87. The molecule has 0 radical (unpaired) electrons. The number of alkyl halides is 1. The predicted molar refractivity (Wildman–Crippen MR) is 54.6 cm³/mol. The van der Waals surface area contributed by atoms with Crippen molar-refractivity contribution in [1.29, 1.82) is 0 Å². The topological polar surface area (TPSA) is 94.6 Å². The summed E-state index contributed by atoms with van der Waals surface area (Å²) >= 11 is 0. The Balaban J connectivity index is 3.08. The highest BCUT2D eigenvalue weighted by Crippen LogP contribution is 2.25. The van der Waals surface area contributed by atoms with E-state index in [0.717, 1.165) is 11.3 Å². The first-order chi connectivity index (χ1) is 7.71. The van der Waals surface area contributed by atoms with Crippen molar-refractivity contribution in [3.05, 3.63) is 0 Å². The molecule has 0 aliphatic carbocycles. The van der Waals surface area contributed by atoms with Crippen LogP contribution in [0.3, 0.4) is 0 Å². The molecular weight excluding hydrogens is 253 g/mol. The van der Waals surface area contributed by atoms with Crippen molar-refractivity contribution in [1.82, 2.24) is 4.90 Å². The van der Waals surface area contributed by atoms with Gasteiger partial charge in [-0.15, -0.1) is 0 Å². The van der Waals surface area contributed by atoms with Gasteiger partial charge in [-0.2, -0.15) is 0 Å². The lowest BCUT2D eigenvalue weighted by Crippen LogP contribution is -2.56. The number of rotatable bonds is 3. The molecule has 8 heteroatoms. The van der Waals surface area contributed by atoms with Gasteiger partial charge in [0.15, 0.2) is 5.78 Å². The van der Waals surface area contributed by atoms with Crippen LogP contribution in [-0.2, 0) is 19.7 Å². The van der Waals surface area contributed by atoms with Crippen molar-refractivity contribution >= 4 is 21.8 Å². The molecule has 6 nitrogen and oxygen atoms in total. The highest BCUT2D eigenvalue weighted by atomic mass is 32.2. The second-order valence-electron chi connectivity index (χ2n) is 3.96. The Morgan fingerprint density at radius 3 is 2.06 bits per heavy atom. The summed E-state index contributed by atoms with van der Waals surface area (Å²) in [5.74, 6) is -3.15. The average molecular weight is 266 g/mol. The zero-order chi connectivity index (χ0) is 13.3. The van der Waals surface area contributed by atoms with Crippen LogP contribution < -0.4 is 0 Å². The Kier molecular flexibility index (Phi) is 3.88. The zero-order valence-electron chi connectivity index (χ0n) is 9.31. The summed E-state index contributed by atoms with van der Waals surface area (Å²) < 4.78 is 46.3. The summed E-state index contributed by atoms with van der Waals surface area (Å²) in [5.41, 5.74) is 0. The lowest BCUT2D eigenvalue weighted by atomic mass is 10.1. The van der Waals surface area contributed by atoms with Gasteiger partial charge in [0.05, 0.1) is 0 Å². The first kappa shape index (κ1) is 14.0. The zero-order valence-corrected chi connectivity index (χ0v) is 10.1. The molecule has 0 aromatic rings. The number of carbonyl (C=O) groups is 2. The van der Waals surface area contributed by atoms with Gasteiger partial charge in [-0.1, -0.05) is 0 Å². The van der Waals surface area contributed by atoms with Crippen LogP contribution in [0.5, 0.6) is 0 Å². The van der Waals surface area contributed by atoms with Crippen LogP contribution in [-0.4, -0.2) is 47.7 Å². The first-order valence-electron chi connectivity index (χ1n) is 5.16. The fraction of sp³-hybridized carbons (Fsp3) is 0.778. The van der Waals surface area contributed by atoms with E-state index in [1.54, 1.807) is 0 Å². The molecule has 1 rings (SSSR count). The van der Waals surface area contributed by atoms with Crippen LogP contribution in [0.2, 0.25) is 0 Å². The minimum Gasteiger partial charge on any atom is -0.745 e. The van der Waals surface area contributed by atoms with Crippen molar-refractivity contribution < 1.29 is 27.0 Å². The molecule has 0 aromatic carbocycles. The third-order valence-electron chi connectivity index (χ3n) is 2.72. The number of halogens is 1. The molecule has 1 amide bonds. The number of likely N-dealkylation sites (tertiary alicyclic amines) is 1. The second kappa shape index (κ2) is 4.69. The Morgan fingerprint density at radius 1 is 1.24 bits per heavy atom. The van der Waals surface area contributed by atoms with Gasteiger partial charge in [-0.25, -0.2) is 12.8 Å². The van der Waals surface area contributed by atoms with Crippen molar-refractivity contribution in [2.75, 3.05) is 13.1 Å². The fourth-order valence-electron chi connectivity index (χ4n) is 1.73. The number of nitrogens with zero attached hydrogens (tertiary/aromatic N) is 1. The number of ketones is 1. The molecule has 1 heterocycles. The van der Waals surface area contributed by atoms with E-state index in [4.69, 9.17) is 0 Å². The third kappa shape index (κ3) is 2.47. The Morgan fingerprint density at radius 2 is 1.71 bits per heavy atom. The molecule has 98 valence electrons. The Labute approximate surface area is 98.5 Å². The maximum absolute atomic E-state index is 14.0. The largest absolute Gasteiger partial charge is 0.745 e. The smallest absolute Gasteiger partial charge is 0.332 e. The molecule has 0 saturated carbocycles. The monoisotopic (exact) mass is 266 g/mol. The summed E-state index contributed by atoms with van der Waals surface area (Å²) in [4.78, 5) is 23.6. The van der Waals surface area contributed by atoms with Crippen LogP contribution in [0.1, 0.15) is 26.2 Å². The van der Waals surface area contributed by atoms with Gasteiger partial charge < -0.3 is 9.45 Å². The van der Waals surface area contributed by atoms with E-state index >= 15 is 0 Å². The highest BCUT2D eigenvalue weighted by Gasteiger charge is 2.53. The summed E-state index contributed by atoms with van der Waals surface area (Å²) in [6.07, 6.45) is 2.03. The van der Waals surface area contributed by atoms with Crippen molar-refractivity contribution in [3.63, 3.8) is 0 Å². The molecule has 1 aliphatic heterocycles. The number of piperidine rings is 1. The molecule has 0 bridgehead atoms. The van der Waals surface area contributed by atoms with Crippen LogP contribution in [0.4, 0.5) is 4.39 Å². The van der Waals surface area contributed by atoms with Crippen LogP contribution >= 0.6 is 0 Å². The SMILES string of the molecule is CC(=O)C(F)(C(=O)N1CCCCC1)S(=O)(=O)[O-]. The Hall–Kier alpha value is -1.02. The van der Waals surface area contributed by atoms with E-state index in [1.807, 2.05) is 0 Å². The minimum atomic E-state index is -5.67. The number of Topliss-reactive ketones (excluding diaryl/α,β-unsaturated/α-hetero) is 1. The van der Waals surface area contributed by atoms with E-state index < -0.39 is 26.8 Å². The molecule has 17 heavy (non-hydrogen) atoms. The summed E-state index contributed by atoms with van der Waals surface area (Å²) in [5, 5.41) is -3.98. The summed E-state index contributed by atoms with van der Waals surface area (Å²) in [6.45, 7) is 0.901. The molecule has 1 unspecified atom stereocenters. The van der Waals surface area contributed by atoms with E-state index in [-0.39, 0.29) is 13.1 Å². The van der Waals surface area contributed by atoms with Crippen LogP contribution in [0, 0.1) is 0 Å². The number of hydrogen-bond donors (Lipinski definition) is 0. The molecule has 1 atom stereocenters. The van der Waals surface area contributed by atoms with Gasteiger partial charge in [0.1, 0.15) is 10.1 Å². The number of amides is 1. The molecule has 0 aromatic heterocycles. The van der Waals surface area contributed by atoms with Gasteiger partial charge in [0.25, 0.3) is 5.91 Å². The number of carbonyl (C=O) groups excluding carboxylic acids is 2. The summed E-state index contributed by atoms with van der Waals surface area (Å²) in [6, 6.07) is 0. The van der Waals surface area contributed by atoms with E-state index in [9.17, 15) is 27.0 Å². The quantitative estimate of drug-likeness (QED) is 0.520. The molecule has 0 spiro atoms. The maximum atomic E-state index is 14.0. The molecule has 1 saturated heterocycles. The van der Waals surface area contributed by atoms with Gasteiger partial charge in [0, 0.05) is 13.1 Å². The van der Waals surface area contributed by atoms with Crippen molar-refractivity contribution in [3.8, 4) is 0 Å². The highest BCUT2D eigenvalue weighted by molar-refractivity contribution is 7.88. The van der Waals surface area contributed by atoms with E-state index in [0.29, 0.717) is 19.8 Å². The maximum Gasteiger partial charge on any atom is 0.332 e. The average Bonchev–Trinajstić information content (AvgIpc) is 2.26. The van der Waals surface area contributed by atoms with E-state index in [2.05, 4.69) is 0 Å². The molecule has 0 N–H and O–H groups in total. The van der Waals surface area contributed by atoms with Crippen LogP contribution in [0.25, 0.3) is 0 Å². The van der Waals surface area contributed by atoms with Crippen molar-refractivity contribution in [2.24, 2.45) is 0 Å². The molecule has 1 fully saturated rings. The predicted octanol–water partition coefficient (Wildman–Crippen LogP) is -0.201. The summed E-state index contributed by atoms with van der Waals surface area (Å²) in [7, 11) is -5.67. The molecule has 1 aliphatic rings. The minimum absolute atomic E-state index is 0.160. The normalized spacial score (nSPS) is 20.8. The van der Waals surface area contributed by atoms with Gasteiger partial charge in [-0.3, -0.25) is 9.59 Å². The van der Waals surface area contributed by atoms with E-state index in [1.165, 1.54) is 0 Å².